The van der Waals surface area contributed by atoms with E-state index in [0.717, 1.165) is 11.3 Å². The minimum atomic E-state index is -0.504. The molecule has 0 saturated heterocycles. The maximum Gasteiger partial charge on any atom is 0.420 e. The summed E-state index contributed by atoms with van der Waals surface area (Å²) in [4.78, 5) is 14.6. The highest BCUT2D eigenvalue weighted by molar-refractivity contribution is 6.34. The van der Waals surface area contributed by atoms with Crippen molar-refractivity contribution in [2.24, 2.45) is 0 Å². The van der Waals surface area contributed by atoms with Crippen LogP contribution in [-0.4, -0.2) is 6.09 Å². The first-order chi connectivity index (χ1) is 13.7. The van der Waals surface area contributed by atoms with Crippen molar-refractivity contribution in [1.29, 1.82) is 0 Å². The van der Waals surface area contributed by atoms with Crippen LogP contribution >= 0.6 is 23.2 Å². The van der Waals surface area contributed by atoms with E-state index >= 15 is 0 Å². The van der Waals surface area contributed by atoms with Crippen molar-refractivity contribution in [3.63, 3.8) is 0 Å². The molecule has 150 valence electrons. The molecular formula is C24H23Cl2NO2. The van der Waals surface area contributed by atoms with Gasteiger partial charge in [-0.1, -0.05) is 86.4 Å². The highest BCUT2D eigenvalue weighted by Gasteiger charge is 2.20. The second-order valence-corrected chi connectivity index (χ2v) is 8.71. The van der Waals surface area contributed by atoms with Gasteiger partial charge in [-0.3, -0.25) is 4.90 Å². The molecule has 5 heteroatoms. The molecule has 0 N–H and O–H groups in total. The van der Waals surface area contributed by atoms with Crippen LogP contribution in [-0.2, 0) is 12.0 Å². The number of hydrogen-bond acceptors (Lipinski definition) is 2. The molecule has 1 amide bonds. The first-order valence-electron chi connectivity index (χ1n) is 9.32. The van der Waals surface area contributed by atoms with Crippen LogP contribution in [0, 0.1) is 0 Å². The van der Waals surface area contributed by atoms with Crippen molar-refractivity contribution >= 4 is 35.0 Å². The van der Waals surface area contributed by atoms with Crippen LogP contribution in [0.1, 0.15) is 31.9 Å². The standard InChI is InChI=1S/C24H23Cl2NO2/c1-24(2,3)18-9-11-21(12-10-18)27(16-17-7-5-4-6-8-17)23(28)29-22-14-19(25)13-20(26)15-22/h4-15H,16H2,1-3H3. The molecular weight excluding hydrogens is 405 g/mol. The summed E-state index contributed by atoms with van der Waals surface area (Å²) in [5, 5.41) is 0.814. The molecule has 0 aliphatic rings. The van der Waals surface area contributed by atoms with E-state index in [1.165, 1.54) is 5.56 Å². The smallest absolute Gasteiger partial charge is 0.410 e. The zero-order chi connectivity index (χ0) is 21.0. The molecule has 0 saturated carbocycles. The zero-order valence-corrected chi connectivity index (χ0v) is 18.2. The second kappa shape index (κ2) is 8.89. The number of amides is 1. The summed E-state index contributed by atoms with van der Waals surface area (Å²) in [6, 6.07) is 22.4. The molecule has 0 unspecified atom stereocenters. The number of carbonyl (C=O) groups excluding carboxylic acids is 1. The van der Waals surface area contributed by atoms with Gasteiger partial charge in [0.1, 0.15) is 5.75 Å². The lowest BCUT2D eigenvalue weighted by atomic mass is 9.87. The Hall–Kier alpha value is -2.49. The average Bonchev–Trinajstić information content (AvgIpc) is 2.65. The summed E-state index contributed by atoms with van der Waals surface area (Å²) >= 11 is 12.1. The lowest BCUT2D eigenvalue weighted by molar-refractivity contribution is 0.207. The SMILES string of the molecule is CC(C)(C)c1ccc(N(Cc2ccccc2)C(=O)Oc2cc(Cl)cc(Cl)c2)cc1. The lowest BCUT2D eigenvalue weighted by Gasteiger charge is -2.24. The van der Waals surface area contributed by atoms with Crippen LogP contribution in [0.15, 0.2) is 72.8 Å². The Morgan fingerprint density at radius 2 is 1.48 bits per heavy atom. The van der Waals surface area contributed by atoms with Gasteiger partial charge >= 0.3 is 6.09 Å². The Bertz CT molecular complexity index is 960. The minimum absolute atomic E-state index is 0.0286. The molecule has 0 heterocycles. The van der Waals surface area contributed by atoms with E-state index in [4.69, 9.17) is 27.9 Å². The van der Waals surface area contributed by atoms with E-state index < -0.39 is 6.09 Å². The van der Waals surface area contributed by atoms with E-state index in [-0.39, 0.29) is 5.41 Å². The highest BCUT2D eigenvalue weighted by Crippen LogP contribution is 2.28. The summed E-state index contributed by atoms with van der Waals surface area (Å²) in [7, 11) is 0. The summed E-state index contributed by atoms with van der Waals surface area (Å²) in [5.41, 5.74) is 2.96. The summed E-state index contributed by atoms with van der Waals surface area (Å²) in [6.45, 7) is 6.84. The van der Waals surface area contributed by atoms with Gasteiger partial charge in [0.25, 0.3) is 0 Å². The van der Waals surface area contributed by atoms with Gasteiger partial charge in [0, 0.05) is 15.7 Å². The van der Waals surface area contributed by atoms with Crippen molar-refractivity contribution in [2.75, 3.05) is 4.90 Å². The first-order valence-corrected chi connectivity index (χ1v) is 10.1. The second-order valence-electron chi connectivity index (χ2n) is 7.84. The van der Waals surface area contributed by atoms with E-state index in [2.05, 4.69) is 20.8 Å². The maximum absolute atomic E-state index is 13.0. The van der Waals surface area contributed by atoms with Crippen molar-refractivity contribution in [1.82, 2.24) is 0 Å². The molecule has 3 nitrogen and oxygen atoms in total. The molecule has 29 heavy (non-hydrogen) atoms. The van der Waals surface area contributed by atoms with Gasteiger partial charge < -0.3 is 4.74 Å². The largest absolute Gasteiger partial charge is 0.420 e. The Morgan fingerprint density at radius 1 is 0.897 bits per heavy atom. The first kappa shape index (κ1) is 21.2. The number of anilines is 1. The Labute approximate surface area is 181 Å². The molecule has 3 aromatic carbocycles. The van der Waals surface area contributed by atoms with Crippen LogP contribution in [0.2, 0.25) is 10.0 Å². The minimum Gasteiger partial charge on any atom is -0.410 e. The number of halogens is 2. The molecule has 0 aliphatic carbocycles. The lowest BCUT2D eigenvalue weighted by Crippen LogP contribution is -2.33. The van der Waals surface area contributed by atoms with Crippen LogP contribution in [0.25, 0.3) is 0 Å². The molecule has 0 bridgehead atoms. The van der Waals surface area contributed by atoms with Crippen LogP contribution in [0.5, 0.6) is 5.75 Å². The number of carbonyl (C=O) groups is 1. The Kier molecular flexibility index (Phi) is 6.51. The van der Waals surface area contributed by atoms with E-state index in [1.807, 2.05) is 54.6 Å². The topological polar surface area (TPSA) is 29.5 Å². The highest BCUT2D eigenvalue weighted by atomic mass is 35.5. The van der Waals surface area contributed by atoms with E-state index in [1.54, 1.807) is 23.1 Å². The molecule has 0 fully saturated rings. The quantitative estimate of drug-likeness (QED) is 0.431. The zero-order valence-electron chi connectivity index (χ0n) is 16.7. The van der Waals surface area contributed by atoms with Gasteiger partial charge in [-0.05, 0) is 46.9 Å². The fourth-order valence-corrected chi connectivity index (χ4v) is 3.42. The number of hydrogen-bond donors (Lipinski definition) is 0. The third-order valence-corrected chi connectivity index (χ3v) is 4.93. The monoisotopic (exact) mass is 427 g/mol. The normalized spacial score (nSPS) is 11.2. The predicted octanol–water partition coefficient (Wildman–Crippen LogP) is 7.50. The average molecular weight is 428 g/mol. The van der Waals surface area contributed by atoms with Gasteiger partial charge in [-0.2, -0.15) is 0 Å². The molecule has 0 spiro atoms. The van der Waals surface area contributed by atoms with Crippen LogP contribution < -0.4 is 9.64 Å². The van der Waals surface area contributed by atoms with Crippen LogP contribution in [0.3, 0.4) is 0 Å². The molecule has 0 atom stereocenters. The third-order valence-electron chi connectivity index (χ3n) is 4.49. The summed E-state index contributed by atoms with van der Waals surface area (Å²) < 4.78 is 5.58. The van der Waals surface area contributed by atoms with Crippen molar-refractivity contribution < 1.29 is 9.53 Å². The number of rotatable bonds is 4. The molecule has 0 aliphatic heterocycles. The molecule has 0 radical (unpaired) electrons. The Balaban J connectivity index is 1.90. The fraction of sp³-hybridized carbons (Fsp3) is 0.208. The predicted molar refractivity (Wildman–Crippen MR) is 120 cm³/mol. The van der Waals surface area contributed by atoms with Crippen molar-refractivity contribution in [2.45, 2.75) is 32.7 Å². The van der Waals surface area contributed by atoms with Gasteiger partial charge in [0.05, 0.1) is 6.54 Å². The van der Waals surface area contributed by atoms with Gasteiger partial charge in [-0.15, -0.1) is 0 Å². The molecule has 0 aromatic heterocycles. The van der Waals surface area contributed by atoms with Crippen molar-refractivity contribution in [3.8, 4) is 5.75 Å². The number of benzene rings is 3. The van der Waals surface area contributed by atoms with Gasteiger partial charge in [0.2, 0.25) is 0 Å². The Morgan fingerprint density at radius 3 is 2.03 bits per heavy atom. The number of ether oxygens (including phenoxy) is 1. The molecule has 3 aromatic rings. The summed E-state index contributed by atoms with van der Waals surface area (Å²) in [5.74, 6) is 0.303. The third kappa shape index (κ3) is 5.75. The van der Waals surface area contributed by atoms with Gasteiger partial charge in [0.15, 0.2) is 0 Å². The van der Waals surface area contributed by atoms with E-state index in [9.17, 15) is 4.79 Å². The van der Waals surface area contributed by atoms with Crippen LogP contribution in [0.4, 0.5) is 10.5 Å². The van der Waals surface area contributed by atoms with E-state index in [0.29, 0.717) is 22.3 Å². The molecule has 3 rings (SSSR count). The number of nitrogens with zero attached hydrogens (tertiary/aromatic N) is 1. The summed E-state index contributed by atoms with van der Waals surface area (Å²) in [6.07, 6.45) is -0.504. The fourth-order valence-electron chi connectivity index (χ4n) is 2.91. The van der Waals surface area contributed by atoms with Gasteiger partial charge in [-0.25, -0.2) is 4.79 Å². The maximum atomic E-state index is 13.0. The van der Waals surface area contributed by atoms with Crippen molar-refractivity contribution in [3.05, 3.63) is 94.0 Å².